The van der Waals surface area contributed by atoms with Crippen molar-refractivity contribution in [2.24, 2.45) is 0 Å². The van der Waals surface area contributed by atoms with Crippen LogP contribution in [0.3, 0.4) is 0 Å². The number of aromatic amines is 1. The number of nitrogens with zero attached hydrogens (tertiary/aromatic N) is 1. The maximum absolute atomic E-state index is 12.2. The summed E-state index contributed by atoms with van der Waals surface area (Å²) in [6.45, 7) is 5.34. The van der Waals surface area contributed by atoms with Crippen LogP contribution in [0.5, 0.6) is 5.75 Å². The highest BCUT2D eigenvalue weighted by Crippen LogP contribution is 2.18. The molecule has 0 saturated carbocycles. The van der Waals surface area contributed by atoms with Crippen LogP contribution in [0.1, 0.15) is 29.3 Å². The molecule has 0 aliphatic carbocycles. The third-order valence-electron chi connectivity index (χ3n) is 3.61. The van der Waals surface area contributed by atoms with E-state index < -0.39 is 6.10 Å². The summed E-state index contributed by atoms with van der Waals surface area (Å²) in [5.74, 6) is -0.00543. The first-order valence-electron chi connectivity index (χ1n) is 7.55. The van der Waals surface area contributed by atoms with E-state index in [1.165, 1.54) is 0 Å². The predicted molar refractivity (Wildman–Crippen MR) is 89.6 cm³/mol. The number of carbonyl (C=O) groups is 1. The van der Waals surface area contributed by atoms with Crippen molar-refractivity contribution >= 4 is 5.91 Å². The summed E-state index contributed by atoms with van der Waals surface area (Å²) >= 11 is 0. The van der Waals surface area contributed by atoms with E-state index >= 15 is 0 Å². The van der Waals surface area contributed by atoms with Gasteiger partial charge in [0.25, 0.3) is 11.5 Å². The monoisotopic (exact) mass is 325 g/mol. The van der Waals surface area contributed by atoms with Gasteiger partial charge in [0.1, 0.15) is 11.8 Å². The van der Waals surface area contributed by atoms with Crippen LogP contribution in [0.2, 0.25) is 0 Å². The van der Waals surface area contributed by atoms with Crippen molar-refractivity contribution in [3.8, 4) is 11.8 Å². The smallest absolute Gasteiger partial charge is 0.261 e. The summed E-state index contributed by atoms with van der Waals surface area (Å²) in [5.41, 5.74) is 2.26. The summed E-state index contributed by atoms with van der Waals surface area (Å²) in [6.07, 6.45) is -0.788. The zero-order valence-electron chi connectivity index (χ0n) is 13.8. The van der Waals surface area contributed by atoms with Crippen LogP contribution in [-0.2, 0) is 11.3 Å². The number of aryl methyl sites for hydroxylation is 2. The maximum Gasteiger partial charge on any atom is 0.261 e. The molecule has 0 spiro atoms. The maximum atomic E-state index is 12.2. The zero-order valence-corrected chi connectivity index (χ0v) is 13.8. The summed E-state index contributed by atoms with van der Waals surface area (Å²) in [4.78, 5) is 26.8. The molecule has 0 aliphatic heterocycles. The highest BCUT2D eigenvalue weighted by atomic mass is 16.5. The van der Waals surface area contributed by atoms with E-state index in [4.69, 9.17) is 10.00 Å². The first-order valence-corrected chi connectivity index (χ1v) is 7.55. The van der Waals surface area contributed by atoms with Crippen molar-refractivity contribution in [1.82, 2.24) is 10.3 Å². The van der Waals surface area contributed by atoms with Crippen LogP contribution in [0.25, 0.3) is 0 Å². The minimum Gasteiger partial charge on any atom is -0.480 e. The van der Waals surface area contributed by atoms with Crippen molar-refractivity contribution in [2.75, 3.05) is 0 Å². The second kappa shape index (κ2) is 7.47. The molecule has 1 atom stereocenters. The van der Waals surface area contributed by atoms with E-state index in [1.54, 1.807) is 38.1 Å². The Bertz CT molecular complexity index is 849. The topological polar surface area (TPSA) is 95.0 Å². The number of hydrogen-bond acceptors (Lipinski definition) is 4. The molecule has 0 bridgehead atoms. The molecule has 1 aromatic carbocycles. The summed E-state index contributed by atoms with van der Waals surface area (Å²) < 4.78 is 5.55. The van der Waals surface area contributed by atoms with Gasteiger partial charge in [-0.3, -0.25) is 9.59 Å². The van der Waals surface area contributed by atoms with E-state index in [-0.39, 0.29) is 18.0 Å². The van der Waals surface area contributed by atoms with Gasteiger partial charge in [0.2, 0.25) is 0 Å². The SMILES string of the molecule is Cc1cc(C)c(CNC(=O)[C@H](C)Oc2ccccc2C#N)c(=O)[nH]1. The second-order valence-electron chi connectivity index (χ2n) is 5.53. The molecule has 124 valence electrons. The fourth-order valence-corrected chi connectivity index (χ4v) is 2.33. The van der Waals surface area contributed by atoms with Gasteiger partial charge in [-0.15, -0.1) is 0 Å². The molecule has 0 unspecified atom stereocenters. The van der Waals surface area contributed by atoms with Gasteiger partial charge in [-0.05, 0) is 44.5 Å². The van der Waals surface area contributed by atoms with Crippen molar-refractivity contribution < 1.29 is 9.53 Å². The van der Waals surface area contributed by atoms with Gasteiger partial charge in [-0.2, -0.15) is 5.26 Å². The molecule has 2 N–H and O–H groups in total. The van der Waals surface area contributed by atoms with Crippen molar-refractivity contribution in [3.63, 3.8) is 0 Å². The average molecular weight is 325 g/mol. The molecule has 1 aromatic heterocycles. The molecule has 1 amide bonds. The minimum absolute atomic E-state index is 0.119. The quantitative estimate of drug-likeness (QED) is 0.878. The molecule has 0 aliphatic rings. The Balaban J connectivity index is 2.03. The molecule has 2 aromatic rings. The summed E-state index contributed by atoms with van der Waals surface area (Å²) in [6, 6.07) is 10.6. The van der Waals surface area contributed by atoms with Gasteiger partial charge in [-0.25, -0.2) is 0 Å². The van der Waals surface area contributed by atoms with Gasteiger partial charge in [0.15, 0.2) is 6.10 Å². The van der Waals surface area contributed by atoms with Crippen LogP contribution >= 0.6 is 0 Å². The molecule has 1 heterocycles. The Morgan fingerprint density at radius 1 is 1.38 bits per heavy atom. The number of benzene rings is 1. The molecular weight excluding hydrogens is 306 g/mol. The number of rotatable bonds is 5. The molecule has 0 saturated heterocycles. The van der Waals surface area contributed by atoms with Gasteiger partial charge in [0, 0.05) is 17.8 Å². The third kappa shape index (κ3) is 4.02. The number of nitriles is 1. The molecule has 0 fully saturated rings. The van der Waals surface area contributed by atoms with Crippen LogP contribution in [-0.4, -0.2) is 17.0 Å². The summed E-state index contributed by atoms with van der Waals surface area (Å²) in [5, 5.41) is 11.7. The number of ether oxygens (including phenoxy) is 1. The Morgan fingerprint density at radius 3 is 2.75 bits per heavy atom. The lowest BCUT2D eigenvalue weighted by molar-refractivity contribution is -0.127. The Labute approximate surface area is 140 Å². The highest BCUT2D eigenvalue weighted by molar-refractivity contribution is 5.80. The molecule has 6 nitrogen and oxygen atoms in total. The predicted octanol–water partition coefficient (Wildman–Crippen LogP) is 1.95. The fourth-order valence-electron chi connectivity index (χ4n) is 2.33. The molecular formula is C18H19N3O3. The standard InChI is InChI=1S/C18H19N3O3/c1-11-8-12(2)21-18(23)15(11)10-20-17(22)13(3)24-16-7-5-4-6-14(16)9-19/h4-8,13H,10H2,1-3H3,(H,20,22)(H,21,23)/t13-/m0/s1. The number of aromatic nitrogens is 1. The van der Waals surface area contributed by atoms with Crippen molar-refractivity contribution in [3.05, 3.63) is 63.1 Å². The minimum atomic E-state index is -0.788. The molecule has 2 rings (SSSR count). The Hall–Kier alpha value is -3.07. The largest absolute Gasteiger partial charge is 0.480 e. The van der Waals surface area contributed by atoms with E-state index in [0.717, 1.165) is 11.3 Å². The number of para-hydroxylation sites is 1. The molecule has 0 radical (unpaired) electrons. The Morgan fingerprint density at radius 2 is 2.08 bits per heavy atom. The lowest BCUT2D eigenvalue weighted by atomic mass is 10.1. The number of H-pyrrole nitrogens is 1. The van der Waals surface area contributed by atoms with Gasteiger partial charge in [0.05, 0.1) is 5.56 Å². The number of pyridine rings is 1. The van der Waals surface area contributed by atoms with E-state index in [2.05, 4.69) is 10.3 Å². The Kier molecular flexibility index (Phi) is 5.38. The highest BCUT2D eigenvalue weighted by Gasteiger charge is 2.17. The lowest BCUT2D eigenvalue weighted by Crippen LogP contribution is -2.37. The van der Waals surface area contributed by atoms with Crippen LogP contribution in [0.4, 0.5) is 0 Å². The second-order valence-corrected chi connectivity index (χ2v) is 5.53. The van der Waals surface area contributed by atoms with Crippen molar-refractivity contribution in [2.45, 2.75) is 33.4 Å². The normalized spacial score (nSPS) is 11.4. The van der Waals surface area contributed by atoms with E-state index in [9.17, 15) is 9.59 Å². The zero-order chi connectivity index (χ0) is 17.7. The number of hydrogen-bond donors (Lipinski definition) is 2. The fraction of sp³-hybridized carbons (Fsp3) is 0.278. The van der Waals surface area contributed by atoms with Crippen LogP contribution in [0, 0.1) is 25.2 Å². The number of amides is 1. The van der Waals surface area contributed by atoms with E-state index in [1.807, 2.05) is 19.1 Å². The summed E-state index contributed by atoms with van der Waals surface area (Å²) in [7, 11) is 0. The molecule has 6 heteroatoms. The first-order chi connectivity index (χ1) is 11.4. The van der Waals surface area contributed by atoms with E-state index in [0.29, 0.717) is 16.9 Å². The van der Waals surface area contributed by atoms with Gasteiger partial charge >= 0.3 is 0 Å². The number of nitrogens with one attached hydrogen (secondary N) is 2. The van der Waals surface area contributed by atoms with Gasteiger partial charge in [-0.1, -0.05) is 12.1 Å². The first kappa shape index (κ1) is 17.3. The van der Waals surface area contributed by atoms with Crippen molar-refractivity contribution in [1.29, 1.82) is 5.26 Å². The van der Waals surface area contributed by atoms with Gasteiger partial charge < -0.3 is 15.0 Å². The molecule has 24 heavy (non-hydrogen) atoms. The lowest BCUT2D eigenvalue weighted by Gasteiger charge is -2.16. The number of carbonyl (C=O) groups excluding carboxylic acids is 1. The third-order valence-corrected chi connectivity index (χ3v) is 3.61. The average Bonchev–Trinajstić information content (AvgIpc) is 2.54. The van der Waals surface area contributed by atoms with Crippen LogP contribution < -0.4 is 15.6 Å². The van der Waals surface area contributed by atoms with Crippen LogP contribution in [0.15, 0.2) is 35.1 Å².